The summed E-state index contributed by atoms with van der Waals surface area (Å²) in [6.07, 6.45) is 3.70. The van der Waals surface area contributed by atoms with Crippen LogP contribution in [0.2, 0.25) is 0 Å². The van der Waals surface area contributed by atoms with Crippen molar-refractivity contribution in [1.82, 2.24) is 0 Å². The number of rotatable bonds is 3. The Bertz CT molecular complexity index is 196. The van der Waals surface area contributed by atoms with Gasteiger partial charge in [0, 0.05) is 6.08 Å². The van der Waals surface area contributed by atoms with Crippen LogP contribution in [0.4, 0.5) is 0 Å². The molecule has 0 rings (SSSR count). The molecule has 0 spiro atoms. The van der Waals surface area contributed by atoms with Gasteiger partial charge in [0.1, 0.15) is 0 Å². The molecule has 0 aromatic rings. The normalized spacial score (nSPS) is 10.1. The first-order valence-corrected chi connectivity index (χ1v) is 3.65. The molecule has 0 radical (unpaired) electrons. The van der Waals surface area contributed by atoms with E-state index in [0.29, 0.717) is 0 Å². The van der Waals surface area contributed by atoms with Crippen LogP contribution in [0.25, 0.3) is 0 Å². The largest absolute Gasteiger partial charge is 0.478 e. The summed E-state index contributed by atoms with van der Waals surface area (Å²) in [4.78, 5) is 10.1. The maximum absolute atomic E-state index is 10.1. The SMILES string of the molecule is CCC(/C=C/C(=O)O)=C(C)C. The van der Waals surface area contributed by atoms with E-state index in [4.69, 9.17) is 5.11 Å². The van der Waals surface area contributed by atoms with Crippen molar-refractivity contribution in [2.75, 3.05) is 0 Å². The topological polar surface area (TPSA) is 37.3 Å². The minimum atomic E-state index is -0.891. The first-order chi connectivity index (χ1) is 5.07. The molecular formula is C9H14O2. The van der Waals surface area contributed by atoms with Crippen molar-refractivity contribution in [2.45, 2.75) is 27.2 Å². The molecule has 0 fully saturated rings. The minimum Gasteiger partial charge on any atom is -0.478 e. The average molecular weight is 154 g/mol. The number of allylic oxidation sites excluding steroid dienone is 3. The summed E-state index contributed by atoms with van der Waals surface area (Å²) in [5.41, 5.74) is 2.26. The van der Waals surface area contributed by atoms with Gasteiger partial charge < -0.3 is 5.11 Å². The lowest BCUT2D eigenvalue weighted by Gasteiger charge is -1.98. The van der Waals surface area contributed by atoms with Crippen molar-refractivity contribution in [3.63, 3.8) is 0 Å². The second-order valence-electron chi connectivity index (χ2n) is 2.55. The highest BCUT2D eigenvalue weighted by atomic mass is 16.4. The second-order valence-corrected chi connectivity index (χ2v) is 2.55. The van der Waals surface area contributed by atoms with Crippen molar-refractivity contribution >= 4 is 5.97 Å². The molecule has 0 aromatic heterocycles. The van der Waals surface area contributed by atoms with Crippen LogP contribution < -0.4 is 0 Å². The van der Waals surface area contributed by atoms with E-state index in [1.54, 1.807) is 6.08 Å². The Kier molecular flexibility index (Phi) is 4.27. The van der Waals surface area contributed by atoms with Crippen LogP contribution in [0.5, 0.6) is 0 Å². The molecule has 0 amide bonds. The molecule has 0 unspecified atom stereocenters. The van der Waals surface area contributed by atoms with Gasteiger partial charge in [0.25, 0.3) is 0 Å². The van der Waals surface area contributed by atoms with Gasteiger partial charge >= 0.3 is 5.97 Å². The highest BCUT2D eigenvalue weighted by Crippen LogP contribution is 2.08. The van der Waals surface area contributed by atoms with Crippen LogP contribution in [0.1, 0.15) is 27.2 Å². The fourth-order valence-electron chi connectivity index (χ4n) is 0.810. The van der Waals surface area contributed by atoms with E-state index >= 15 is 0 Å². The number of carboxylic acids is 1. The zero-order valence-corrected chi connectivity index (χ0v) is 7.22. The quantitative estimate of drug-likeness (QED) is 0.500. The Labute approximate surface area is 67.2 Å². The molecule has 11 heavy (non-hydrogen) atoms. The van der Waals surface area contributed by atoms with Gasteiger partial charge in [-0.2, -0.15) is 0 Å². The lowest BCUT2D eigenvalue weighted by Crippen LogP contribution is -1.87. The van der Waals surface area contributed by atoms with Crippen LogP contribution in [-0.2, 0) is 4.79 Å². The Hall–Kier alpha value is -1.05. The maximum Gasteiger partial charge on any atom is 0.328 e. The first kappa shape index (κ1) is 9.95. The molecule has 0 aromatic carbocycles. The molecule has 0 aliphatic heterocycles. The van der Waals surface area contributed by atoms with Crippen LogP contribution in [0.3, 0.4) is 0 Å². The molecule has 0 heterocycles. The van der Waals surface area contributed by atoms with Crippen molar-refractivity contribution < 1.29 is 9.90 Å². The third-order valence-corrected chi connectivity index (χ3v) is 1.45. The molecule has 0 bridgehead atoms. The van der Waals surface area contributed by atoms with E-state index in [2.05, 4.69) is 0 Å². The standard InChI is InChI=1S/C9H14O2/c1-4-8(7(2)3)5-6-9(10)11/h5-6H,4H2,1-3H3,(H,10,11)/b6-5+. The minimum absolute atomic E-state index is 0.881. The van der Waals surface area contributed by atoms with Crippen molar-refractivity contribution in [2.24, 2.45) is 0 Å². The van der Waals surface area contributed by atoms with E-state index in [0.717, 1.165) is 12.0 Å². The fourth-order valence-corrected chi connectivity index (χ4v) is 0.810. The number of carbonyl (C=O) groups is 1. The molecule has 62 valence electrons. The highest BCUT2D eigenvalue weighted by Gasteiger charge is 1.92. The van der Waals surface area contributed by atoms with Crippen LogP contribution in [0.15, 0.2) is 23.3 Å². The van der Waals surface area contributed by atoms with Crippen LogP contribution in [-0.4, -0.2) is 11.1 Å². The van der Waals surface area contributed by atoms with E-state index in [1.165, 1.54) is 11.6 Å². The van der Waals surface area contributed by atoms with E-state index in [9.17, 15) is 4.79 Å². The third kappa shape index (κ3) is 4.37. The Morgan fingerprint density at radius 1 is 1.36 bits per heavy atom. The zero-order chi connectivity index (χ0) is 8.85. The van der Waals surface area contributed by atoms with Gasteiger partial charge in [-0.05, 0) is 25.8 Å². The fraction of sp³-hybridized carbons (Fsp3) is 0.444. The summed E-state index contributed by atoms with van der Waals surface area (Å²) < 4.78 is 0. The molecule has 0 saturated heterocycles. The summed E-state index contributed by atoms with van der Waals surface area (Å²) in [5, 5.41) is 8.33. The Morgan fingerprint density at radius 3 is 2.18 bits per heavy atom. The molecule has 0 atom stereocenters. The molecule has 0 aliphatic rings. The lowest BCUT2D eigenvalue weighted by molar-refractivity contribution is -0.131. The highest BCUT2D eigenvalue weighted by molar-refractivity contribution is 5.80. The van der Waals surface area contributed by atoms with E-state index in [-0.39, 0.29) is 0 Å². The maximum atomic E-state index is 10.1. The first-order valence-electron chi connectivity index (χ1n) is 3.65. The molecular weight excluding hydrogens is 140 g/mol. The Morgan fingerprint density at radius 2 is 1.91 bits per heavy atom. The molecule has 2 heteroatoms. The van der Waals surface area contributed by atoms with Gasteiger partial charge in [0.05, 0.1) is 0 Å². The average Bonchev–Trinajstić information content (AvgIpc) is 1.87. The van der Waals surface area contributed by atoms with Gasteiger partial charge in [-0.3, -0.25) is 0 Å². The summed E-state index contributed by atoms with van der Waals surface area (Å²) in [6, 6.07) is 0. The number of hydrogen-bond donors (Lipinski definition) is 1. The predicted molar refractivity (Wildman–Crippen MR) is 45.4 cm³/mol. The van der Waals surface area contributed by atoms with Crippen LogP contribution >= 0.6 is 0 Å². The third-order valence-electron chi connectivity index (χ3n) is 1.45. The van der Waals surface area contributed by atoms with Crippen LogP contribution in [0, 0.1) is 0 Å². The van der Waals surface area contributed by atoms with Crippen molar-refractivity contribution in [3.8, 4) is 0 Å². The van der Waals surface area contributed by atoms with E-state index < -0.39 is 5.97 Å². The van der Waals surface area contributed by atoms with Gasteiger partial charge in [-0.1, -0.05) is 18.6 Å². The van der Waals surface area contributed by atoms with Gasteiger partial charge in [-0.25, -0.2) is 4.79 Å². The van der Waals surface area contributed by atoms with E-state index in [1.807, 2.05) is 20.8 Å². The smallest absolute Gasteiger partial charge is 0.328 e. The second kappa shape index (κ2) is 4.72. The molecule has 0 aliphatic carbocycles. The van der Waals surface area contributed by atoms with Gasteiger partial charge in [0.15, 0.2) is 0 Å². The van der Waals surface area contributed by atoms with Gasteiger partial charge in [0.2, 0.25) is 0 Å². The molecule has 1 N–H and O–H groups in total. The summed E-state index contributed by atoms with van der Waals surface area (Å²) in [5.74, 6) is -0.891. The molecule has 0 saturated carbocycles. The number of carboxylic acid groups (broad SMARTS) is 1. The summed E-state index contributed by atoms with van der Waals surface area (Å²) in [7, 11) is 0. The van der Waals surface area contributed by atoms with Crippen molar-refractivity contribution in [3.05, 3.63) is 23.3 Å². The summed E-state index contributed by atoms with van der Waals surface area (Å²) >= 11 is 0. The molecule has 2 nitrogen and oxygen atoms in total. The lowest BCUT2D eigenvalue weighted by atomic mass is 10.1. The monoisotopic (exact) mass is 154 g/mol. The number of hydrogen-bond acceptors (Lipinski definition) is 1. The number of aliphatic carboxylic acids is 1. The Balaban J connectivity index is 4.33. The van der Waals surface area contributed by atoms with Crippen molar-refractivity contribution in [1.29, 1.82) is 0 Å². The summed E-state index contributed by atoms with van der Waals surface area (Å²) in [6.45, 7) is 5.96. The predicted octanol–water partition coefficient (Wildman–Crippen LogP) is 2.37. The van der Waals surface area contributed by atoms with Gasteiger partial charge in [-0.15, -0.1) is 0 Å². The zero-order valence-electron chi connectivity index (χ0n) is 7.22.